The molecule has 2 rings (SSSR count). The van der Waals surface area contributed by atoms with Crippen molar-refractivity contribution in [3.63, 3.8) is 0 Å². The molecule has 2 N–H and O–H groups in total. The molecule has 0 aliphatic carbocycles. The van der Waals surface area contributed by atoms with Crippen molar-refractivity contribution in [3.05, 3.63) is 42.4 Å². The molecule has 1 heterocycles. The van der Waals surface area contributed by atoms with Crippen molar-refractivity contribution in [2.75, 3.05) is 6.54 Å². The number of aryl methyl sites for hydroxylation is 1. The smallest absolute Gasteiger partial charge is 0.0956 e. The lowest BCUT2D eigenvalue weighted by atomic mass is 10.0. The summed E-state index contributed by atoms with van der Waals surface area (Å²) in [5.74, 6) is 0. The molecule has 0 spiro atoms. The Morgan fingerprint density at radius 1 is 1.24 bits per heavy atom. The highest BCUT2D eigenvalue weighted by molar-refractivity contribution is 5.59. The van der Waals surface area contributed by atoms with E-state index in [0.717, 1.165) is 5.69 Å². The number of nitrogens with zero attached hydrogens (tertiary/aromatic N) is 2. The molecular weight excluding hydrogens is 210 g/mol. The monoisotopic (exact) mass is 229 g/mol. The second-order valence-corrected chi connectivity index (χ2v) is 5.03. The Kier molecular flexibility index (Phi) is 3.03. The molecule has 2 aromatic rings. The summed E-state index contributed by atoms with van der Waals surface area (Å²) in [5.41, 5.74) is 9.25. The first-order chi connectivity index (χ1) is 8.04. The second-order valence-electron chi connectivity index (χ2n) is 5.03. The average molecular weight is 229 g/mol. The van der Waals surface area contributed by atoms with Gasteiger partial charge in [0.2, 0.25) is 0 Å². The number of aromatic nitrogens is 2. The van der Waals surface area contributed by atoms with Crippen LogP contribution in [0.2, 0.25) is 0 Å². The summed E-state index contributed by atoms with van der Waals surface area (Å²) in [6.07, 6.45) is 3.74. The molecule has 1 aromatic heterocycles. The summed E-state index contributed by atoms with van der Waals surface area (Å²) in [7, 11) is 0. The summed E-state index contributed by atoms with van der Waals surface area (Å²) < 4.78 is 2.14. The van der Waals surface area contributed by atoms with Gasteiger partial charge >= 0.3 is 0 Å². The van der Waals surface area contributed by atoms with Crippen molar-refractivity contribution in [1.29, 1.82) is 0 Å². The van der Waals surface area contributed by atoms with E-state index in [2.05, 4.69) is 54.6 Å². The normalized spacial score (nSPS) is 11.8. The van der Waals surface area contributed by atoms with Crippen LogP contribution in [0, 0.1) is 6.92 Å². The van der Waals surface area contributed by atoms with Gasteiger partial charge in [0.1, 0.15) is 0 Å². The fourth-order valence-electron chi connectivity index (χ4n) is 1.81. The number of imidazole rings is 1. The molecule has 0 atom stereocenters. The van der Waals surface area contributed by atoms with Crippen molar-refractivity contribution in [1.82, 2.24) is 9.55 Å². The molecule has 0 radical (unpaired) electrons. The summed E-state index contributed by atoms with van der Waals surface area (Å²) >= 11 is 0. The Hall–Kier alpha value is -1.61. The van der Waals surface area contributed by atoms with Crippen LogP contribution in [0.5, 0.6) is 0 Å². The van der Waals surface area contributed by atoms with Crippen molar-refractivity contribution in [3.8, 4) is 11.3 Å². The van der Waals surface area contributed by atoms with Gasteiger partial charge in [-0.15, -0.1) is 0 Å². The van der Waals surface area contributed by atoms with E-state index < -0.39 is 0 Å². The Morgan fingerprint density at radius 3 is 2.47 bits per heavy atom. The Bertz CT molecular complexity index is 494. The molecule has 0 saturated carbocycles. The number of hydrogen-bond acceptors (Lipinski definition) is 2. The van der Waals surface area contributed by atoms with Crippen molar-refractivity contribution in [2.45, 2.75) is 26.3 Å². The lowest BCUT2D eigenvalue weighted by Gasteiger charge is -2.27. The minimum atomic E-state index is -0.114. The SMILES string of the molecule is Cc1ccc(-c2cncn2C(C)(C)CN)cc1. The lowest BCUT2D eigenvalue weighted by Crippen LogP contribution is -2.34. The van der Waals surface area contributed by atoms with Gasteiger partial charge in [-0.2, -0.15) is 0 Å². The number of hydrogen-bond donors (Lipinski definition) is 1. The molecule has 3 heteroatoms. The molecule has 0 saturated heterocycles. The van der Waals surface area contributed by atoms with Crippen molar-refractivity contribution < 1.29 is 0 Å². The first-order valence-electron chi connectivity index (χ1n) is 5.84. The van der Waals surface area contributed by atoms with Gasteiger partial charge in [-0.3, -0.25) is 0 Å². The predicted molar refractivity (Wildman–Crippen MR) is 70.8 cm³/mol. The number of rotatable bonds is 3. The van der Waals surface area contributed by atoms with Crippen molar-refractivity contribution in [2.24, 2.45) is 5.73 Å². The standard InChI is InChI=1S/C14H19N3/c1-11-4-6-12(7-5-11)13-8-16-10-17(13)14(2,3)9-15/h4-8,10H,9,15H2,1-3H3. The predicted octanol–water partition coefficient (Wildman–Crippen LogP) is 2.55. The number of benzene rings is 1. The second kappa shape index (κ2) is 4.34. The third-order valence-electron chi connectivity index (χ3n) is 3.14. The molecule has 0 bridgehead atoms. The summed E-state index contributed by atoms with van der Waals surface area (Å²) in [5, 5.41) is 0. The van der Waals surface area contributed by atoms with Gasteiger partial charge in [-0.05, 0) is 26.3 Å². The molecule has 1 aromatic carbocycles. The molecule has 0 fully saturated rings. The molecule has 3 nitrogen and oxygen atoms in total. The van der Waals surface area contributed by atoms with Gasteiger partial charge in [0, 0.05) is 6.54 Å². The van der Waals surface area contributed by atoms with E-state index in [0.29, 0.717) is 6.54 Å². The van der Waals surface area contributed by atoms with Crippen LogP contribution in [0.1, 0.15) is 19.4 Å². The zero-order valence-electron chi connectivity index (χ0n) is 10.6. The fraction of sp³-hybridized carbons (Fsp3) is 0.357. The maximum Gasteiger partial charge on any atom is 0.0956 e. The van der Waals surface area contributed by atoms with Crippen LogP contribution >= 0.6 is 0 Å². The van der Waals surface area contributed by atoms with E-state index in [-0.39, 0.29) is 5.54 Å². The van der Waals surface area contributed by atoms with Crippen LogP contribution in [-0.4, -0.2) is 16.1 Å². The van der Waals surface area contributed by atoms with Crippen LogP contribution in [0.4, 0.5) is 0 Å². The zero-order valence-corrected chi connectivity index (χ0v) is 10.6. The molecule has 90 valence electrons. The van der Waals surface area contributed by atoms with E-state index in [4.69, 9.17) is 5.73 Å². The van der Waals surface area contributed by atoms with Crippen molar-refractivity contribution >= 4 is 0 Å². The van der Waals surface area contributed by atoms with E-state index in [1.54, 1.807) is 0 Å². The minimum Gasteiger partial charge on any atom is -0.328 e. The molecule has 17 heavy (non-hydrogen) atoms. The molecule has 0 aliphatic rings. The van der Waals surface area contributed by atoms with Gasteiger partial charge in [0.25, 0.3) is 0 Å². The topological polar surface area (TPSA) is 43.8 Å². The Morgan fingerprint density at radius 2 is 1.88 bits per heavy atom. The third-order valence-corrected chi connectivity index (χ3v) is 3.14. The molecule has 0 unspecified atom stereocenters. The van der Waals surface area contributed by atoms with E-state index in [1.165, 1.54) is 11.1 Å². The van der Waals surface area contributed by atoms with Crippen LogP contribution in [-0.2, 0) is 5.54 Å². The van der Waals surface area contributed by atoms with Crippen LogP contribution in [0.15, 0.2) is 36.8 Å². The van der Waals surface area contributed by atoms with Gasteiger partial charge in [-0.1, -0.05) is 29.8 Å². The largest absolute Gasteiger partial charge is 0.328 e. The highest BCUT2D eigenvalue weighted by Gasteiger charge is 2.21. The van der Waals surface area contributed by atoms with Gasteiger partial charge in [0.05, 0.1) is 23.8 Å². The Labute approximate surface area is 102 Å². The van der Waals surface area contributed by atoms with E-state index in [1.807, 2.05) is 12.5 Å². The number of nitrogens with two attached hydrogens (primary N) is 1. The first-order valence-corrected chi connectivity index (χ1v) is 5.84. The quantitative estimate of drug-likeness (QED) is 0.879. The minimum absolute atomic E-state index is 0.114. The Balaban J connectivity index is 2.47. The molecule has 0 amide bonds. The van der Waals surface area contributed by atoms with Crippen LogP contribution in [0.3, 0.4) is 0 Å². The first kappa shape index (κ1) is 11.9. The van der Waals surface area contributed by atoms with Gasteiger partial charge < -0.3 is 10.3 Å². The highest BCUT2D eigenvalue weighted by atomic mass is 15.1. The molecular formula is C14H19N3. The molecule has 0 aliphatic heterocycles. The summed E-state index contributed by atoms with van der Waals surface area (Å²) in [6, 6.07) is 8.47. The summed E-state index contributed by atoms with van der Waals surface area (Å²) in [4.78, 5) is 4.24. The van der Waals surface area contributed by atoms with Crippen LogP contribution in [0.25, 0.3) is 11.3 Å². The van der Waals surface area contributed by atoms with Gasteiger partial charge in [0.15, 0.2) is 0 Å². The highest BCUT2D eigenvalue weighted by Crippen LogP contribution is 2.25. The van der Waals surface area contributed by atoms with E-state index >= 15 is 0 Å². The van der Waals surface area contributed by atoms with Gasteiger partial charge in [-0.25, -0.2) is 4.98 Å². The van der Waals surface area contributed by atoms with Crippen LogP contribution < -0.4 is 5.73 Å². The average Bonchev–Trinajstić information content (AvgIpc) is 2.80. The zero-order chi connectivity index (χ0) is 12.5. The lowest BCUT2D eigenvalue weighted by molar-refractivity contribution is 0.370. The summed E-state index contributed by atoms with van der Waals surface area (Å²) in [6.45, 7) is 6.91. The third kappa shape index (κ3) is 2.24. The fourth-order valence-corrected chi connectivity index (χ4v) is 1.81. The maximum atomic E-state index is 5.82. The van der Waals surface area contributed by atoms with E-state index in [9.17, 15) is 0 Å². The maximum absolute atomic E-state index is 5.82.